The summed E-state index contributed by atoms with van der Waals surface area (Å²) in [7, 11) is 0. The summed E-state index contributed by atoms with van der Waals surface area (Å²) in [6, 6.07) is 21.2. The molecule has 1 N–H and O–H groups in total. The van der Waals surface area contributed by atoms with Crippen molar-refractivity contribution in [2.75, 3.05) is 5.32 Å². The summed E-state index contributed by atoms with van der Waals surface area (Å²) in [4.78, 5) is 16.0. The number of hydrogen-bond donors (Lipinski definition) is 1. The Kier molecular flexibility index (Phi) is 5.20. The molecule has 0 saturated heterocycles. The van der Waals surface area contributed by atoms with Gasteiger partial charge in [0, 0.05) is 6.20 Å². The van der Waals surface area contributed by atoms with Gasteiger partial charge >= 0.3 is 0 Å². The van der Waals surface area contributed by atoms with E-state index in [2.05, 4.69) is 10.3 Å². The highest BCUT2D eigenvalue weighted by molar-refractivity contribution is 5.92. The molecule has 1 aromatic heterocycles. The lowest BCUT2D eigenvalue weighted by molar-refractivity contribution is -0.115. The summed E-state index contributed by atoms with van der Waals surface area (Å²) >= 11 is 0. The maximum atomic E-state index is 12.0. The molecule has 0 radical (unpaired) electrons. The van der Waals surface area contributed by atoms with Crippen LogP contribution in [0.5, 0.6) is 5.75 Å². The topological polar surface area (TPSA) is 51.2 Å². The smallest absolute Gasteiger partial charge is 0.228 e. The predicted molar refractivity (Wildman–Crippen MR) is 93.8 cm³/mol. The van der Waals surface area contributed by atoms with Crippen molar-refractivity contribution in [3.05, 3.63) is 90.3 Å². The molecule has 0 spiro atoms. The minimum absolute atomic E-state index is 0.0686. The van der Waals surface area contributed by atoms with Gasteiger partial charge in [0.15, 0.2) is 0 Å². The molecule has 0 unspecified atom stereocenters. The largest absolute Gasteiger partial charge is 0.489 e. The van der Waals surface area contributed by atoms with Crippen molar-refractivity contribution >= 4 is 11.6 Å². The molecule has 2 aromatic carbocycles. The van der Waals surface area contributed by atoms with E-state index in [0.717, 1.165) is 16.9 Å². The van der Waals surface area contributed by atoms with Gasteiger partial charge in [-0.15, -0.1) is 0 Å². The van der Waals surface area contributed by atoms with Gasteiger partial charge < -0.3 is 10.1 Å². The number of ether oxygens (including phenoxy) is 1. The Hall–Kier alpha value is -3.14. The first-order valence-corrected chi connectivity index (χ1v) is 7.75. The van der Waals surface area contributed by atoms with Gasteiger partial charge in [0.2, 0.25) is 5.91 Å². The van der Waals surface area contributed by atoms with Gasteiger partial charge in [0.05, 0.1) is 18.3 Å². The number of carbonyl (C=O) groups is 1. The molecule has 0 aliphatic heterocycles. The number of pyridine rings is 1. The zero-order valence-corrected chi connectivity index (χ0v) is 13.2. The molecule has 1 heterocycles. The second kappa shape index (κ2) is 7.92. The van der Waals surface area contributed by atoms with E-state index in [4.69, 9.17) is 4.74 Å². The van der Waals surface area contributed by atoms with Crippen molar-refractivity contribution in [2.45, 2.75) is 13.0 Å². The molecule has 0 aliphatic carbocycles. The molecule has 0 bridgehead atoms. The Labute approximate surface area is 141 Å². The monoisotopic (exact) mass is 318 g/mol. The SMILES string of the molecule is O=C(Cc1ccc(OCc2ccccc2)cc1)Nc1cccnc1. The van der Waals surface area contributed by atoms with Crippen molar-refractivity contribution in [3.8, 4) is 5.75 Å². The molecular formula is C20H18N2O2. The van der Waals surface area contributed by atoms with Gasteiger partial charge in [-0.3, -0.25) is 9.78 Å². The Morgan fingerprint density at radius 3 is 2.42 bits per heavy atom. The fourth-order valence-corrected chi connectivity index (χ4v) is 2.27. The average Bonchev–Trinajstić information content (AvgIpc) is 2.63. The third kappa shape index (κ3) is 4.68. The van der Waals surface area contributed by atoms with Crippen LogP contribution in [0.1, 0.15) is 11.1 Å². The molecule has 3 aromatic rings. The number of rotatable bonds is 6. The van der Waals surface area contributed by atoms with Gasteiger partial charge in [-0.1, -0.05) is 42.5 Å². The first-order valence-electron chi connectivity index (χ1n) is 7.75. The molecule has 0 fully saturated rings. The first kappa shape index (κ1) is 15.7. The lowest BCUT2D eigenvalue weighted by atomic mass is 10.1. The standard InChI is InChI=1S/C20H18N2O2/c23-20(22-18-7-4-12-21-14-18)13-16-8-10-19(11-9-16)24-15-17-5-2-1-3-6-17/h1-12,14H,13,15H2,(H,22,23). The van der Waals surface area contributed by atoms with Crippen LogP contribution >= 0.6 is 0 Å². The lowest BCUT2D eigenvalue weighted by Crippen LogP contribution is -2.14. The van der Waals surface area contributed by atoms with Crippen molar-refractivity contribution < 1.29 is 9.53 Å². The summed E-state index contributed by atoms with van der Waals surface area (Å²) in [5.41, 5.74) is 2.76. The molecule has 0 aliphatic rings. The Morgan fingerprint density at radius 1 is 0.917 bits per heavy atom. The van der Waals surface area contributed by atoms with Crippen molar-refractivity contribution in [3.63, 3.8) is 0 Å². The van der Waals surface area contributed by atoms with Gasteiger partial charge in [0.25, 0.3) is 0 Å². The molecule has 4 nitrogen and oxygen atoms in total. The van der Waals surface area contributed by atoms with Crippen LogP contribution in [0.15, 0.2) is 79.1 Å². The van der Waals surface area contributed by atoms with Crippen LogP contribution in [-0.2, 0) is 17.8 Å². The molecule has 0 atom stereocenters. The quantitative estimate of drug-likeness (QED) is 0.751. The summed E-state index contributed by atoms with van der Waals surface area (Å²) < 4.78 is 5.74. The van der Waals surface area contributed by atoms with E-state index >= 15 is 0 Å². The van der Waals surface area contributed by atoms with E-state index < -0.39 is 0 Å². The van der Waals surface area contributed by atoms with Crippen molar-refractivity contribution in [1.82, 2.24) is 4.98 Å². The normalized spacial score (nSPS) is 10.2. The average molecular weight is 318 g/mol. The highest BCUT2D eigenvalue weighted by atomic mass is 16.5. The summed E-state index contributed by atoms with van der Waals surface area (Å²) in [6.45, 7) is 0.529. The number of amides is 1. The number of carbonyl (C=O) groups excluding carboxylic acids is 1. The minimum atomic E-state index is -0.0686. The number of aromatic nitrogens is 1. The first-order chi connectivity index (χ1) is 11.8. The molecule has 4 heteroatoms. The third-order valence-electron chi connectivity index (χ3n) is 3.48. The number of anilines is 1. The van der Waals surface area contributed by atoms with E-state index in [9.17, 15) is 4.79 Å². The maximum absolute atomic E-state index is 12.0. The van der Waals surface area contributed by atoms with E-state index in [1.54, 1.807) is 18.5 Å². The van der Waals surface area contributed by atoms with Crippen LogP contribution in [0.25, 0.3) is 0 Å². The number of nitrogens with zero attached hydrogens (tertiary/aromatic N) is 1. The van der Waals surface area contributed by atoms with E-state index in [-0.39, 0.29) is 5.91 Å². The number of nitrogens with one attached hydrogen (secondary N) is 1. The van der Waals surface area contributed by atoms with E-state index in [1.165, 1.54) is 0 Å². The van der Waals surface area contributed by atoms with Crippen molar-refractivity contribution in [2.24, 2.45) is 0 Å². The van der Waals surface area contributed by atoms with Gasteiger partial charge in [-0.2, -0.15) is 0 Å². The molecular weight excluding hydrogens is 300 g/mol. The predicted octanol–water partition coefficient (Wildman–Crippen LogP) is 3.84. The van der Waals surface area contributed by atoms with Gasteiger partial charge in [-0.05, 0) is 35.4 Å². The highest BCUT2D eigenvalue weighted by Gasteiger charge is 2.04. The Bertz CT molecular complexity index is 772. The van der Waals surface area contributed by atoms with Crippen LogP contribution in [-0.4, -0.2) is 10.9 Å². The zero-order valence-electron chi connectivity index (χ0n) is 13.2. The molecule has 1 amide bonds. The minimum Gasteiger partial charge on any atom is -0.489 e. The highest BCUT2D eigenvalue weighted by Crippen LogP contribution is 2.15. The molecule has 24 heavy (non-hydrogen) atoms. The molecule has 0 saturated carbocycles. The van der Waals surface area contributed by atoms with Crippen LogP contribution in [0.2, 0.25) is 0 Å². The lowest BCUT2D eigenvalue weighted by Gasteiger charge is -2.08. The van der Waals surface area contributed by atoms with Crippen molar-refractivity contribution in [1.29, 1.82) is 0 Å². The van der Waals surface area contributed by atoms with Gasteiger partial charge in [-0.25, -0.2) is 0 Å². The maximum Gasteiger partial charge on any atom is 0.228 e. The summed E-state index contributed by atoms with van der Waals surface area (Å²) in [6.07, 6.45) is 3.61. The van der Waals surface area contributed by atoms with Crippen LogP contribution in [0, 0.1) is 0 Å². The number of benzene rings is 2. The third-order valence-corrected chi connectivity index (χ3v) is 3.48. The molecule has 3 rings (SSSR count). The fraction of sp³-hybridized carbons (Fsp3) is 0.100. The second-order valence-corrected chi connectivity index (χ2v) is 5.38. The van der Waals surface area contributed by atoms with Crippen LogP contribution < -0.4 is 10.1 Å². The molecule has 120 valence electrons. The van der Waals surface area contributed by atoms with E-state index in [0.29, 0.717) is 18.7 Å². The van der Waals surface area contributed by atoms with Crippen LogP contribution in [0.3, 0.4) is 0 Å². The number of hydrogen-bond acceptors (Lipinski definition) is 3. The van der Waals surface area contributed by atoms with E-state index in [1.807, 2.05) is 60.7 Å². The summed E-state index contributed by atoms with van der Waals surface area (Å²) in [5, 5.41) is 2.82. The zero-order chi connectivity index (χ0) is 16.6. The Morgan fingerprint density at radius 2 is 1.71 bits per heavy atom. The van der Waals surface area contributed by atoms with Crippen LogP contribution in [0.4, 0.5) is 5.69 Å². The summed E-state index contributed by atoms with van der Waals surface area (Å²) in [5.74, 6) is 0.719. The Balaban J connectivity index is 1.51. The van der Waals surface area contributed by atoms with Gasteiger partial charge in [0.1, 0.15) is 12.4 Å². The fourth-order valence-electron chi connectivity index (χ4n) is 2.27. The second-order valence-electron chi connectivity index (χ2n) is 5.38.